The van der Waals surface area contributed by atoms with E-state index in [1.165, 1.54) is 12.8 Å². The summed E-state index contributed by atoms with van der Waals surface area (Å²) in [6, 6.07) is 0.262. The van der Waals surface area contributed by atoms with Crippen LogP contribution in [0.5, 0.6) is 0 Å². The summed E-state index contributed by atoms with van der Waals surface area (Å²) in [5.74, 6) is 1.08. The molecule has 0 aromatic carbocycles. The fourth-order valence-electron chi connectivity index (χ4n) is 2.19. The Hall–Kier alpha value is -0.540. The van der Waals surface area contributed by atoms with Crippen LogP contribution in [-0.2, 0) is 9.47 Å². The Morgan fingerprint density at radius 2 is 2.36 bits per heavy atom. The number of rotatable bonds is 3. The molecule has 2 atom stereocenters. The van der Waals surface area contributed by atoms with Crippen molar-refractivity contribution < 1.29 is 9.47 Å². The fraction of sp³-hybridized carbons (Fsp3) is 0.818. The number of ether oxygens (including phenoxy) is 2. The normalized spacial score (nSPS) is 29.5. The molecule has 0 bridgehead atoms. The van der Waals surface area contributed by atoms with Crippen molar-refractivity contribution in [3.05, 3.63) is 11.8 Å². The van der Waals surface area contributed by atoms with E-state index < -0.39 is 0 Å². The van der Waals surface area contributed by atoms with E-state index in [1.54, 1.807) is 0 Å². The molecule has 0 radical (unpaired) electrons. The molecule has 2 rings (SSSR count). The molecular formula is C11H19NO2. The van der Waals surface area contributed by atoms with Crippen LogP contribution in [0.3, 0.4) is 0 Å². The van der Waals surface area contributed by atoms with Crippen LogP contribution in [0.15, 0.2) is 11.8 Å². The highest BCUT2D eigenvalue weighted by molar-refractivity contribution is 5.09. The van der Waals surface area contributed by atoms with E-state index in [0.717, 1.165) is 31.8 Å². The van der Waals surface area contributed by atoms with Gasteiger partial charge in [-0.1, -0.05) is 0 Å². The molecule has 80 valence electrons. The molecule has 1 fully saturated rings. The minimum atomic E-state index is 0.262. The summed E-state index contributed by atoms with van der Waals surface area (Å²) in [6.45, 7) is 1.73. The Morgan fingerprint density at radius 3 is 2.93 bits per heavy atom. The minimum Gasteiger partial charge on any atom is -0.496 e. The van der Waals surface area contributed by atoms with Gasteiger partial charge in [-0.15, -0.1) is 0 Å². The Labute approximate surface area is 85.5 Å². The first kappa shape index (κ1) is 9.99. The van der Waals surface area contributed by atoms with Crippen molar-refractivity contribution >= 4 is 0 Å². The third-order valence-electron chi connectivity index (χ3n) is 2.94. The van der Waals surface area contributed by atoms with Gasteiger partial charge in [0.2, 0.25) is 0 Å². The van der Waals surface area contributed by atoms with Gasteiger partial charge in [0.15, 0.2) is 0 Å². The Bertz CT molecular complexity index is 209. The van der Waals surface area contributed by atoms with Crippen LogP contribution < -0.4 is 5.32 Å². The summed E-state index contributed by atoms with van der Waals surface area (Å²) >= 11 is 0. The second kappa shape index (κ2) is 4.80. The third-order valence-corrected chi connectivity index (χ3v) is 2.94. The Morgan fingerprint density at radius 1 is 1.43 bits per heavy atom. The smallest absolute Gasteiger partial charge is 0.112 e. The maximum absolute atomic E-state index is 5.76. The molecule has 3 heteroatoms. The lowest BCUT2D eigenvalue weighted by atomic mass is 10.0. The zero-order valence-electron chi connectivity index (χ0n) is 8.79. The van der Waals surface area contributed by atoms with Crippen LogP contribution >= 0.6 is 0 Å². The highest BCUT2D eigenvalue weighted by Crippen LogP contribution is 2.23. The largest absolute Gasteiger partial charge is 0.496 e. The number of nitrogens with one attached hydrogen (secondary N) is 1. The SMILES string of the molecule is CNC(C1=CCCO1)C1CCCCO1. The van der Waals surface area contributed by atoms with Crippen molar-refractivity contribution in [1.29, 1.82) is 0 Å². The standard InChI is InChI=1S/C11H19NO2/c1-12-11(10-6-4-8-14-10)9-5-2-3-7-13-9/h6,9,11-12H,2-5,7-8H2,1H3. The van der Waals surface area contributed by atoms with E-state index in [1.807, 2.05) is 7.05 Å². The van der Waals surface area contributed by atoms with Gasteiger partial charge in [0.25, 0.3) is 0 Å². The predicted molar refractivity (Wildman–Crippen MR) is 55.1 cm³/mol. The van der Waals surface area contributed by atoms with Gasteiger partial charge in [-0.3, -0.25) is 0 Å². The molecule has 0 spiro atoms. The van der Waals surface area contributed by atoms with E-state index in [4.69, 9.17) is 9.47 Å². The summed E-state index contributed by atoms with van der Waals surface area (Å²) in [4.78, 5) is 0. The predicted octanol–water partition coefficient (Wildman–Crippen LogP) is 1.45. The van der Waals surface area contributed by atoms with E-state index in [9.17, 15) is 0 Å². The second-order valence-corrected chi connectivity index (χ2v) is 3.92. The summed E-state index contributed by atoms with van der Waals surface area (Å²) in [7, 11) is 1.98. The van der Waals surface area contributed by atoms with Gasteiger partial charge in [-0.05, 0) is 32.4 Å². The summed E-state index contributed by atoms with van der Waals surface area (Å²) in [6.07, 6.45) is 7.15. The lowest BCUT2D eigenvalue weighted by Crippen LogP contribution is -2.42. The molecule has 2 unspecified atom stereocenters. The van der Waals surface area contributed by atoms with E-state index in [2.05, 4.69) is 11.4 Å². The quantitative estimate of drug-likeness (QED) is 0.742. The van der Waals surface area contributed by atoms with Crippen molar-refractivity contribution in [3.63, 3.8) is 0 Å². The molecule has 0 saturated carbocycles. The molecule has 1 saturated heterocycles. The Kier molecular flexibility index (Phi) is 3.43. The molecule has 2 aliphatic heterocycles. The van der Waals surface area contributed by atoms with Gasteiger partial charge in [-0.25, -0.2) is 0 Å². The first-order valence-corrected chi connectivity index (χ1v) is 5.53. The van der Waals surface area contributed by atoms with Gasteiger partial charge in [0.05, 0.1) is 18.8 Å². The van der Waals surface area contributed by atoms with Crippen molar-refractivity contribution in [1.82, 2.24) is 5.32 Å². The van der Waals surface area contributed by atoms with Crippen molar-refractivity contribution in [2.24, 2.45) is 0 Å². The van der Waals surface area contributed by atoms with Crippen LogP contribution in [0.4, 0.5) is 0 Å². The molecule has 1 N–H and O–H groups in total. The lowest BCUT2D eigenvalue weighted by molar-refractivity contribution is -0.00895. The van der Waals surface area contributed by atoms with Crippen LogP contribution in [-0.4, -0.2) is 32.4 Å². The van der Waals surface area contributed by atoms with Crippen LogP contribution in [0.2, 0.25) is 0 Å². The molecule has 0 aliphatic carbocycles. The number of likely N-dealkylation sites (N-methyl/N-ethyl adjacent to an activating group) is 1. The molecule has 2 aliphatic rings. The lowest BCUT2D eigenvalue weighted by Gasteiger charge is -2.30. The van der Waals surface area contributed by atoms with Crippen LogP contribution in [0, 0.1) is 0 Å². The van der Waals surface area contributed by atoms with Gasteiger partial charge in [-0.2, -0.15) is 0 Å². The average Bonchev–Trinajstić information content (AvgIpc) is 2.74. The van der Waals surface area contributed by atoms with Crippen LogP contribution in [0.25, 0.3) is 0 Å². The first-order valence-electron chi connectivity index (χ1n) is 5.53. The Balaban J connectivity index is 1.96. The highest BCUT2D eigenvalue weighted by atomic mass is 16.5. The van der Waals surface area contributed by atoms with Gasteiger partial charge in [0, 0.05) is 13.0 Å². The highest BCUT2D eigenvalue weighted by Gasteiger charge is 2.28. The zero-order chi connectivity index (χ0) is 9.80. The maximum Gasteiger partial charge on any atom is 0.112 e. The van der Waals surface area contributed by atoms with E-state index in [0.29, 0.717) is 6.10 Å². The van der Waals surface area contributed by atoms with Gasteiger partial charge < -0.3 is 14.8 Å². The molecule has 0 amide bonds. The minimum absolute atomic E-state index is 0.262. The van der Waals surface area contributed by atoms with Gasteiger partial charge in [0.1, 0.15) is 5.76 Å². The maximum atomic E-state index is 5.76. The molecular weight excluding hydrogens is 178 g/mol. The summed E-state index contributed by atoms with van der Waals surface area (Å²) in [5, 5.41) is 3.30. The molecule has 2 heterocycles. The average molecular weight is 197 g/mol. The molecule has 3 nitrogen and oxygen atoms in total. The van der Waals surface area contributed by atoms with Crippen molar-refractivity contribution in [3.8, 4) is 0 Å². The zero-order valence-corrected chi connectivity index (χ0v) is 8.79. The number of hydrogen-bond acceptors (Lipinski definition) is 3. The summed E-state index contributed by atoms with van der Waals surface area (Å²) in [5.41, 5.74) is 0. The molecule has 0 aromatic heterocycles. The second-order valence-electron chi connectivity index (χ2n) is 3.92. The van der Waals surface area contributed by atoms with Crippen LogP contribution in [0.1, 0.15) is 25.7 Å². The number of hydrogen-bond donors (Lipinski definition) is 1. The van der Waals surface area contributed by atoms with Crippen molar-refractivity contribution in [2.75, 3.05) is 20.3 Å². The van der Waals surface area contributed by atoms with Crippen molar-refractivity contribution in [2.45, 2.75) is 37.8 Å². The molecule has 0 aromatic rings. The first-order chi connectivity index (χ1) is 6.92. The summed E-state index contributed by atoms with van der Waals surface area (Å²) < 4.78 is 11.3. The monoisotopic (exact) mass is 197 g/mol. The fourth-order valence-corrected chi connectivity index (χ4v) is 2.19. The topological polar surface area (TPSA) is 30.5 Å². The van der Waals surface area contributed by atoms with Gasteiger partial charge >= 0.3 is 0 Å². The third kappa shape index (κ3) is 2.10. The van der Waals surface area contributed by atoms with E-state index >= 15 is 0 Å². The molecule has 14 heavy (non-hydrogen) atoms. The van der Waals surface area contributed by atoms with E-state index in [-0.39, 0.29) is 6.04 Å².